The van der Waals surface area contributed by atoms with Gasteiger partial charge in [-0.25, -0.2) is 4.79 Å². The summed E-state index contributed by atoms with van der Waals surface area (Å²) >= 11 is 2.73. The molecule has 0 saturated heterocycles. The minimum Gasteiger partial charge on any atom is -0.281 e. The van der Waals surface area contributed by atoms with E-state index in [9.17, 15) is 4.79 Å². The maximum Gasteiger partial charge on any atom is 0.337 e. The number of amides is 2. The predicted octanol–water partition coefficient (Wildman–Crippen LogP) is 2.75. The van der Waals surface area contributed by atoms with Crippen molar-refractivity contribution in [2.75, 3.05) is 12.5 Å². The van der Waals surface area contributed by atoms with E-state index in [1.807, 2.05) is 42.8 Å². The van der Waals surface area contributed by atoms with E-state index in [0.29, 0.717) is 6.54 Å². The van der Waals surface area contributed by atoms with Crippen LogP contribution in [0.5, 0.6) is 0 Å². The fourth-order valence-electron chi connectivity index (χ4n) is 1.11. The third-order valence-corrected chi connectivity index (χ3v) is 2.92. The van der Waals surface area contributed by atoms with Gasteiger partial charge < -0.3 is 0 Å². The summed E-state index contributed by atoms with van der Waals surface area (Å²) < 4.78 is 4.39. The molecule has 0 spiro atoms. The Kier molecular flexibility index (Phi) is 5.42. The molecule has 0 aliphatic heterocycles. The highest BCUT2D eigenvalue weighted by atomic mass is 32.2. The van der Waals surface area contributed by atoms with Crippen molar-refractivity contribution in [3.63, 3.8) is 0 Å². The lowest BCUT2D eigenvalue weighted by Gasteiger charge is -2.18. The fraction of sp³-hybridized carbons (Fsp3) is 0.300. The Balaban J connectivity index is 2.58. The zero-order chi connectivity index (χ0) is 11.1. The van der Waals surface area contributed by atoms with E-state index >= 15 is 0 Å². The number of carbonyl (C=O) groups is 1. The van der Waals surface area contributed by atoms with E-state index < -0.39 is 0 Å². The van der Waals surface area contributed by atoms with Gasteiger partial charge in [-0.2, -0.15) is 0 Å². The van der Waals surface area contributed by atoms with E-state index in [1.165, 1.54) is 23.9 Å². The molecule has 0 aliphatic rings. The second-order valence-electron chi connectivity index (χ2n) is 2.82. The number of urea groups is 1. The summed E-state index contributed by atoms with van der Waals surface area (Å²) in [7, 11) is 0. The maximum absolute atomic E-state index is 11.6. The first-order chi connectivity index (χ1) is 7.27. The molecule has 15 heavy (non-hydrogen) atoms. The molecule has 1 aromatic rings. The molecule has 2 amide bonds. The molecule has 0 bridgehead atoms. The van der Waals surface area contributed by atoms with Crippen LogP contribution in [0.2, 0.25) is 0 Å². The zero-order valence-corrected chi connectivity index (χ0v) is 10.4. The quantitative estimate of drug-likeness (QED) is 0.824. The first kappa shape index (κ1) is 12.3. The van der Waals surface area contributed by atoms with Gasteiger partial charge in [0.05, 0.1) is 6.54 Å². The van der Waals surface area contributed by atoms with Crippen LogP contribution in [0.15, 0.2) is 30.3 Å². The van der Waals surface area contributed by atoms with Crippen molar-refractivity contribution < 1.29 is 4.79 Å². The molecule has 0 atom stereocenters. The number of carbonyl (C=O) groups excluding carboxylic acids is 1. The number of hydrogen-bond acceptors (Lipinski definition) is 3. The average Bonchev–Trinajstić information content (AvgIpc) is 2.27. The Hall–Kier alpha value is -0.810. The number of nitrogens with one attached hydrogen (secondary N) is 1. The molecule has 0 heterocycles. The van der Waals surface area contributed by atoms with Crippen LogP contribution in [0.1, 0.15) is 5.56 Å². The van der Waals surface area contributed by atoms with Crippen LogP contribution in [0.4, 0.5) is 4.79 Å². The Labute approximate surface area is 98.9 Å². The second kappa shape index (κ2) is 6.63. The van der Waals surface area contributed by atoms with Gasteiger partial charge in [0.25, 0.3) is 0 Å². The molecule has 0 aliphatic carbocycles. The first-order valence-corrected chi connectivity index (χ1v) is 6.87. The van der Waals surface area contributed by atoms with Crippen LogP contribution in [0, 0.1) is 0 Å². The number of rotatable bonds is 4. The highest BCUT2D eigenvalue weighted by Crippen LogP contribution is 2.12. The standard InChI is InChI=1S/C10H14N2OS2/c1-14-11-10(13)12(15-2)8-9-6-4-3-5-7-9/h3-7H,8H2,1-2H3,(H,11,13). The molecule has 5 heteroatoms. The summed E-state index contributed by atoms with van der Waals surface area (Å²) in [4.78, 5) is 11.6. The van der Waals surface area contributed by atoms with Crippen LogP contribution in [-0.4, -0.2) is 22.8 Å². The van der Waals surface area contributed by atoms with Gasteiger partial charge in [-0.3, -0.25) is 9.03 Å². The summed E-state index contributed by atoms with van der Waals surface area (Å²) in [6, 6.07) is 9.86. The van der Waals surface area contributed by atoms with E-state index in [2.05, 4.69) is 4.72 Å². The van der Waals surface area contributed by atoms with Gasteiger partial charge in [0.2, 0.25) is 0 Å². The topological polar surface area (TPSA) is 32.3 Å². The predicted molar refractivity (Wildman–Crippen MR) is 67.5 cm³/mol. The van der Waals surface area contributed by atoms with Crippen molar-refractivity contribution in [1.29, 1.82) is 0 Å². The van der Waals surface area contributed by atoms with Crippen molar-refractivity contribution in [2.24, 2.45) is 0 Å². The maximum atomic E-state index is 11.6. The number of hydrogen-bond donors (Lipinski definition) is 1. The highest BCUT2D eigenvalue weighted by Gasteiger charge is 2.11. The summed E-state index contributed by atoms with van der Waals surface area (Å²) in [5, 5.41) is 0. The largest absolute Gasteiger partial charge is 0.337 e. The van der Waals surface area contributed by atoms with Crippen molar-refractivity contribution in [3.8, 4) is 0 Å². The summed E-state index contributed by atoms with van der Waals surface area (Å²) in [5.41, 5.74) is 1.13. The zero-order valence-electron chi connectivity index (χ0n) is 8.77. The van der Waals surface area contributed by atoms with Crippen LogP contribution < -0.4 is 4.72 Å². The Bertz CT molecular complexity index is 306. The molecule has 1 rings (SSSR count). The van der Waals surface area contributed by atoms with E-state index in [4.69, 9.17) is 0 Å². The lowest BCUT2D eigenvalue weighted by molar-refractivity contribution is 0.231. The van der Waals surface area contributed by atoms with Crippen molar-refractivity contribution >= 4 is 29.9 Å². The van der Waals surface area contributed by atoms with E-state index in [-0.39, 0.29) is 6.03 Å². The average molecular weight is 242 g/mol. The van der Waals surface area contributed by atoms with Gasteiger partial charge in [-0.1, -0.05) is 42.3 Å². The van der Waals surface area contributed by atoms with Crippen LogP contribution in [0.25, 0.3) is 0 Å². The van der Waals surface area contributed by atoms with Crippen LogP contribution >= 0.6 is 23.9 Å². The Morgan fingerprint density at radius 1 is 1.33 bits per heavy atom. The first-order valence-electron chi connectivity index (χ1n) is 4.46. The van der Waals surface area contributed by atoms with Gasteiger partial charge in [-0.15, -0.1) is 0 Å². The molecule has 0 radical (unpaired) electrons. The molecule has 0 fully saturated rings. The molecule has 3 nitrogen and oxygen atoms in total. The molecular formula is C10H14N2OS2. The van der Waals surface area contributed by atoms with Gasteiger partial charge in [0.1, 0.15) is 0 Å². The van der Waals surface area contributed by atoms with E-state index in [0.717, 1.165) is 5.56 Å². The van der Waals surface area contributed by atoms with E-state index in [1.54, 1.807) is 4.31 Å². The molecule has 82 valence electrons. The minimum absolute atomic E-state index is 0.0705. The third kappa shape index (κ3) is 4.05. The van der Waals surface area contributed by atoms with Gasteiger partial charge in [0.15, 0.2) is 0 Å². The van der Waals surface area contributed by atoms with Crippen LogP contribution in [-0.2, 0) is 6.54 Å². The lowest BCUT2D eigenvalue weighted by Crippen LogP contribution is -2.30. The highest BCUT2D eigenvalue weighted by molar-refractivity contribution is 7.98. The molecule has 1 aromatic carbocycles. The SMILES string of the molecule is CSNC(=O)N(Cc1ccccc1)SC. The molecule has 0 saturated carbocycles. The third-order valence-electron chi connectivity index (χ3n) is 1.81. The summed E-state index contributed by atoms with van der Waals surface area (Å²) in [6.07, 6.45) is 3.72. The minimum atomic E-state index is -0.0705. The normalized spacial score (nSPS) is 9.73. The van der Waals surface area contributed by atoms with Gasteiger partial charge in [0, 0.05) is 12.5 Å². The number of nitrogens with zero attached hydrogens (tertiary/aromatic N) is 1. The van der Waals surface area contributed by atoms with Gasteiger partial charge in [-0.05, 0) is 17.5 Å². The fourth-order valence-corrected chi connectivity index (χ4v) is 1.94. The molecule has 0 aromatic heterocycles. The second-order valence-corrected chi connectivity index (χ2v) is 4.23. The van der Waals surface area contributed by atoms with Gasteiger partial charge >= 0.3 is 6.03 Å². The summed E-state index contributed by atoms with van der Waals surface area (Å²) in [6.45, 7) is 0.619. The molecular weight excluding hydrogens is 228 g/mol. The van der Waals surface area contributed by atoms with Crippen molar-refractivity contribution in [1.82, 2.24) is 9.03 Å². The van der Waals surface area contributed by atoms with Crippen molar-refractivity contribution in [3.05, 3.63) is 35.9 Å². The Morgan fingerprint density at radius 3 is 2.53 bits per heavy atom. The molecule has 1 N–H and O–H groups in total. The van der Waals surface area contributed by atoms with Crippen LogP contribution in [0.3, 0.4) is 0 Å². The molecule has 0 unspecified atom stereocenters. The van der Waals surface area contributed by atoms with Crippen molar-refractivity contribution in [2.45, 2.75) is 6.54 Å². The smallest absolute Gasteiger partial charge is 0.281 e. The lowest BCUT2D eigenvalue weighted by atomic mass is 10.2. The number of benzene rings is 1. The summed E-state index contributed by atoms with van der Waals surface area (Å²) in [5.74, 6) is 0. The monoisotopic (exact) mass is 242 g/mol. The Morgan fingerprint density at radius 2 is 2.00 bits per heavy atom.